The number of hydrogen-bond donors (Lipinski definition) is 2. The number of carbonyl (C=O) groups is 1. The van der Waals surface area contributed by atoms with Crippen molar-refractivity contribution in [3.8, 4) is 11.3 Å². The number of Topliss-reactive ketones (excluding diaryl/α,β-unsaturated/α-hetero) is 1. The van der Waals surface area contributed by atoms with Crippen LogP contribution in [0.15, 0.2) is 30.3 Å². The average Bonchev–Trinajstić information content (AvgIpc) is 2.86. The Kier molecular flexibility index (Phi) is 4.17. The Morgan fingerprint density at radius 3 is 2.45 bits per heavy atom. The number of halogens is 3. The van der Waals surface area contributed by atoms with Gasteiger partial charge in [-0.3, -0.25) is 9.89 Å². The van der Waals surface area contributed by atoms with Crippen LogP contribution in [0.3, 0.4) is 0 Å². The van der Waals surface area contributed by atoms with E-state index >= 15 is 0 Å². The van der Waals surface area contributed by atoms with Crippen LogP contribution in [0.4, 0.5) is 13.2 Å². The number of rotatable bonds is 4. The van der Waals surface area contributed by atoms with Crippen LogP contribution in [0.1, 0.15) is 11.3 Å². The third-order valence-electron chi connectivity index (χ3n) is 2.70. The van der Waals surface area contributed by atoms with Gasteiger partial charge in [-0.2, -0.15) is 30.9 Å². The maximum Gasteiger partial charge on any atom is 0.416 e. The Morgan fingerprint density at radius 2 is 1.90 bits per heavy atom. The monoisotopic (exact) mass is 300 g/mol. The molecule has 1 aromatic heterocycles. The van der Waals surface area contributed by atoms with Crippen LogP contribution in [0, 0.1) is 0 Å². The summed E-state index contributed by atoms with van der Waals surface area (Å²) in [7, 11) is 0. The summed E-state index contributed by atoms with van der Waals surface area (Å²) >= 11 is 3.87. The molecular formula is C13H11F3N2OS. The molecule has 0 spiro atoms. The summed E-state index contributed by atoms with van der Waals surface area (Å²) in [6, 6.07) is 6.35. The Hall–Kier alpha value is -1.76. The molecule has 0 bridgehead atoms. The highest BCUT2D eigenvalue weighted by Gasteiger charge is 2.30. The van der Waals surface area contributed by atoms with Crippen LogP contribution < -0.4 is 0 Å². The van der Waals surface area contributed by atoms with Gasteiger partial charge in [-0.05, 0) is 18.2 Å². The molecule has 0 unspecified atom stereocenters. The maximum atomic E-state index is 12.4. The quantitative estimate of drug-likeness (QED) is 0.852. The molecule has 2 rings (SSSR count). The van der Waals surface area contributed by atoms with E-state index in [4.69, 9.17) is 0 Å². The Bertz CT molecular complexity index is 605. The number of thiol groups is 1. The molecule has 7 heteroatoms. The second-order valence-corrected chi connectivity index (χ2v) is 4.54. The largest absolute Gasteiger partial charge is 0.416 e. The highest BCUT2D eigenvalue weighted by atomic mass is 32.1. The van der Waals surface area contributed by atoms with E-state index in [0.29, 0.717) is 17.0 Å². The van der Waals surface area contributed by atoms with Crippen molar-refractivity contribution in [1.82, 2.24) is 10.2 Å². The van der Waals surface area contributed by atoms with Gasteiger partial charge < -0.3 is 0 Å². The summed E-state index contributed by atoms with van der Waals surface area (Å²) in [6.07, 6.45) is -4.18. The predicted molar refractivity (Wildman–Crippen MR) is 71.6 cm³/mol. The van der Waals surface area contributed by atoms with E-state index in [-0.39, 0.29) is 18.0 Å². The molecule has 1 N–H and O–H groups in total. The molecule has 0 aliphatic carbocycles. The number of carbonyl (C=O) groups excluding carboxylic acids is 1. The van der Waals surface area contributed by atoms with Crippen LogP contribution in [0.25, 0.3) is 11.3 Å². The topological polar surface area (TPSA) is 45.8 Å². The number of aromatic nitrogens is 2. The lowest BCUT2D eigenvalue weighted by molar-refractivity contribution is -0.137. The number of benzene rings is 1. The van der Waals surface area contributed by atoms with Crippen LogP contribution >= 0.6 is 12.6 Å². The zero-order chi connectivity index (χ0) is 14.8. The van der Waals surface area contributed by atoms with E-state index in [1.807, 2.05) is 0 Å². The molecule has 106 valence electrons. The first-order valence-corrected chi connectivity index (χ1v) is 6.38. The van der Waals surface area contributed by atoms with Crippen molar-refractivity contribution >= 4 is 18.4 Å². The van der Waals surface area contributed by atoms with E-state index in [1.54, 1.807) is 6.07 Å². The first-order valence-electron chi connectivity index (χ1n) is 5.74. The second kappa shape index (κ2) is 5.70. The molecule has 1 aromatic carbocycles. The molecule has 0 aliphatic heterocycles. The third-order valence-corrected chi connectivity index (χ3v) is 3.06. The van der Waals surface area contributed by atoms with Crippen LogP contribution in [0.2, 0.25) is 0 Å². The maximum absolute atomic E-state index is 12.4. The van der Waals surface area contributed by atoms with Crippen molar-refractivity contribution in [1.29, 1.82) is 0 Å². The van der Waals surface area contributed by atoms with Gasteiger partial charge in [0.25, 0.3) is 0 Å². The lowest BCUT2D eigenvalue weighted by Crippen LogP contribution is -2.04. The SMILES string of the molecule is O=C(CS)Cc1cc(-c2ccc(C(F)(F)F)cc2)n[nH]1. The Balaban J connectivity index is 2.18. The molecule has 0 saturated heterocycles. The lowest BCUT2D eigenvalue weighted by Gasteiger charge is -2.06. The Morgan fingerprint density at radius 1 is 1.25 bits per heavy atom. The minimum absolute atomic E-state index is 0.0593. The normalized spacial score (nSPS) is 11.6. The molecule has 0 saturated carbocycles. The van der Waals surface area contributed by atoms with Crippen molar-refractivity contribution in [3.05, 3.63) is 41.6 Å². The van der Waals surface area contributed by atoms with Gasteiger partial charge in [0, 0.05) is 23.4 Å². The van der Waals surface area contributed by atoms with Gasteiger partial charge in [-0.25, -0.2) is 0 Å². The minimum Gasteiger partial charge on any atom is -0.298 e. The van der Waals surface area contributed by atoms with Crippen molar-refractivity contribution < 1.29 is 18.0 Å². The molecule has 0 aliphatic rings. The van der Waals surface area contributed by atoms with Crippen LogP contribution in [-0.4, -0.2) is 21.7 Å². The number of alkyl halides is 3. The summed E-state index contributed by atoms with van der Waals surface area (Å²) < 4.78 is 37.3. The number of aromatic amines is 1. The van der Waals surface area contributed by atoms with Gasteiger partial charge in [-0.15, -0.1) is 0 Å². The molecule has 20 heavy (non-hydrogen) atoms. The molecule has 0 fully saturated rings. The molecule has 2 aromatic rings. The first-order chi connectivity index (χ1) is 9.40. The molecule has 3 nitrogen and oxygen atoms in total. The molecule has 0 radical (unpaired) electrons. The van der Waals surface area contributed by atoms with Crippen molar-refractivity contribution in [2.24, 2.45) is 0 Å². The van der Waals surface area contributed by atoms with Crippen LogP contribution in [-0.2, 0) is 17.4 Å². The molecule has 1 heterocycles. The summed E-state index contributed by atoms with van der Waals surface area (Å²) in [5, 5.41) is 6.67. The number of H-pyrrole nitrogens is 1. The highest BCUT2D eigenvalue weighted by Crippen LogP contribution is 2.30. The van der Waals surface area contributed by atoms with Gasteiger partial charge in [0.1, 0.15) is 5.78 Å². The van der Waals surface area contributed by atoms with Crippen molar-refractivity contribution in [2.75, 3.05) is 5.75 Å². The van der Waals surface area contributed by atoms with E-state index in [9.17, 15) is 18.0 Å². The van der Waals surface area contributed by atoms with Gasteiger partial charge in [0.2, 0.25) is 0 Å². The lowest BCUT2D eigenvalue weighted by atomic mass is 10.1. The second-order valence-electron chi connectivity index (χ2n) is 4.23. The van der Waals surface area contributed by atoms with Gasteiger partial charge in [0.15, 0.2) is 0 Å². The summed E-state index contributed by atoms with van der Waals surface area (Å²) in [6.45, 7) is 0. The van der Waals surface area contributed by atoms with Crippen molar-refractivity contribution in [2.45, 2.75) is 12.6 Å². The zero-order valence-electron chi connectivity index (χ0n) is 10.2. The number of ketones is 1. The number of nitrogens with zero attached hydrogens (tertiary/aromatic N) is 1. The fourth-order valence-corrected chi connectivity index (χ4v) is 1.81. The standard InChI is InChI=1S/C13H11F3N2OS/c14-13(15,16)9-3-1-8(2-4-9)12-6-10(17-18-12)5-11(19)7-20/h1-4,6,20H,5,7H2,(H,17,18). The summed E-state index contributed by atoms with van der Waals surface area (Å²) in [5.41, 5.74) is 0.959. The van der Waals surface area contributed by atoms with E-state index in [2.05, 4.69) is 22.8 Å². The average molecular weight is 300 g/mol. The van der Waals surface area contributed by atoms with Crippen LogP contribution in [0.5, 0.6) is 0 Å². The van der Waals surface area contributed by atoms with Gasteiger partial charge in [-0.1, -0.05) is 12.1 Å². The fraction of sp³-hybridized carbons (Fsp3) is 0.231. The number of nitrogens with one attached hydrogen (secondary N) is 1. The van der Waals surface area contributed by atoms with Crippen molar-refractivity contribution in [3.63, 3.8) is 0 Å². The van der Waals surface area contributed by atoms with E-state index < -0.39 is 11.7 Å². The fourth-order valence-electron chi connectivity index (χ4n) is 1.70. The Labute approximate surface area is 118 Å². The summed E-state index contributed by atoms with van der Waals surface area (Å²) in [5.74, 6) is 0.0743. The molecular weight excluding hydrogens is 289 g/mol. The minimum atomic E-state index is -4.35. The smallest absolute Gasteiger partial charge is 0.298 e. The predicted octanol–water partition coefficient (Wildman–Crippen LogP) is 3.14. The van der Waals surface area contributed by atoms with Gasteiger partial charge >= 0.3 is 6.18 Å². The van der Waals surface area contributed by atoms with E-state index in [0.717, 1.165) is 12.1 Å². The third kappa shape index (κ3) is 3.41. The first kappa shape index (κ1) is 14.6. The molecule has 0 atom stereocenters. The molecule has 0 amide bonds. The zero-order valence-corrected chi connectivity index (χ0v) is 11.1. The number of hydrogen-bond acceptors (Lipinski definition) is 3. The highest BCUT2D eigenvalue weighted by molar-refractivity contribution is 7.81. The summed E-state index contributed by atoms with van der Waals surface area (Å²) in [4.78, 5) is 11.2. The van der Waals surface area contributed by atoms with E-state index in [1.165, 1.54) is 12.1 Å². The van der Waals surface area contributed by atoms with Gasteiger partial charge in [0.05, 0.1) is 11.3 Å².